The number of urea groups is 1. The fourth-order valence-electron chi connectivity index (χ4n) is 2.70. The molecule has 2 fully saturated rings. The van der Waals surface area contributed by atoms with Crippen LogP contribution >= 0.6 is 0 Å². The highest BCUT2D eigenvalue weighted by molar-refractivity contribution is 5.82. The van der Waals surface area contributed by atoms with Crippen molar-refractivity contribution in [2.24, 2.45) is 5.92 Å². The van der Waals surface area contributed by atoms with Crippen LogP contribution in [0.4, 0.5) is 4.79 Å². The van der Waals surface area contributed by atoms with Gasteiger partial charge >= 0.3 is 12.0 Å². The van der Waals surface area contributed by atoms with Crippen molar-refractivity contribution < 1.29 is 14.7 Å². The molecule has 2 N–H and O–H groups in total. The average Bonchev–Trinajstić information content (AvgIpc) is 3.19. The number of nitrogens with zero attached hydrogens (tertiary/aromatic N) is 1. The third kappa shape index (κ3) is 4.40. The lowest BCUT2D eigenvalue weighted by atomic mass is 10.1. The zero-order valence-electron chi connectivity index (χ0n) is 11.4. The van der Waals surface area contributed by atoms with E-state index in [-0.39, 0.29) is 6.03 Å². The van der Waals surface area contributed by atoms with Crippen LogP contribution < -0.4 is 5.32 Å². The molecule has 1 saturated heterocycles. The predicted molar refractivity (Wildman–Crippen MR) is 72.0 cm³/mol. The molecule has 1 aliphatic carbocycles. The van der Waals surface area contributed by atoms with E-state index in [1.165, 1.54) is 24.2 Å². The first-order valence-corrected chi connectivity index (χ1v) is 7.46. The molecule has 108 valence electrons. The van der Waals surface area contributed by atoms with E-state index < -0.39 is 12.0 Å². The van der Waals surface area contributed by atoms with Crippen molar-refractivity contribution in [1.29, 1.82) is 0 Å². The second-order valence-corrected chi connectivity index (χ2v) is 5.71. The van der Waals surface area contributed by atoms with E-state index >= 15 is 0 Å². The molecule has 0 aromatic heterocycles. The van der Waals surface area contributed by atoms with Gasteiger partial charge in [0.2, 0.25) is 0 Å². The van der Waals surface area contributed by atoms with Crippen LogP contribution in [-0.4, -0.2) is 41.1 Å². The lowest BCUT2D eigenvalue weighted by Gasteiger charge is -2.27. The molecule has 5 heteroatoms. The molecule has 0 radical (unpaired) electrons. The predicted octanol–water partition coefficient (Wildman–Crippen LogP) is 2.22. The summed E-state index contributed by atoms with van der Waals surface area (Å²) in [7, 11) is 0. The number of amides is 2. The molecule has 1 atom stereocenters. The highest BCUT2D eigenvalue weighted by Crippen LogP contribution is 2.33. The summed E-state index contributed by atoms with van der Waals surface area (Å²) in [6, 6.07) is -0.851. The molecule has 0 aromatic carbocycles. The first-order chi connectivity index (χ1) is 9.18. The normalized spacial score (nSPS) is 23.8. The van der Waals surface area contributed by atoms with Gasteiger partial charge in [0.15, 0.2) is 0 Å². The molecule has 19 heavy (non-hydrogen) atoms. The Balaban J connectivity index is 1.77. The zero-order chi connectivity index (χ0) is 13.7. The van der Waals surface area contributed by atoms with Crippen LogP contribution in [0.25, 0.3) is 0 Å². The number of hydrogen-bond donors (Lipinski definition) is 2. The zero-order valence-corrected chi connectivity index (χ0v) is 11.4. The van der Waals surface area contributed by atoms with E-state index in [2.05, 4.69) is 5.32 Å². The summed E-state index contributed by atoms with van der Waals surface area (Å²) in [5.41, 5.74) is 0. The maximum absolute atomic E-state index is 12.1. The molecule has 2 aliphatic rings. The molecule has 2 rings (SSSR count). The average molecular weight is 268 g/mol. The van der Waals surface area contributed by atoms with Gasteiger partial charge in [0.1, 0.15) is 6.04 Å². The van der Waals surface area contributed by atoms with E-state index in [1.807, 2.05) is 0 Å². The van der Waals surface area contributed by atoms with Crippen molar-refractivity contribution in [2.75, 3.05) is 13.1 Å². The fourth-order valence-corrected chi connectivity index (χ4v) is 2.70. The van der Waals surface area contributed by atoms with E-state index in [9.17, 15) is 14.7 Å². The van der Waals surface area contributed by atoms with Crippen LogP contribution in [-0.2, 0) is 4.79 Å². The Morgan fingerprint density at radius 3 is 2.63 bits per heavy atom. The summed E-state index contributed by atoms with van der Waals surface area (Å²) < 4.78 is 0. The van der Waals surface area contributed by atoms with Gasteiger partial charge in [0, 0.05) is 13.1 Å². The third-order valence-electron chi connectivity index (χ3n) is 4.06. The SMILES string of the molecule is O=C(O)C1CCCCCN1C(=O)NCCCC1CC1. The summed E-state index contributed by atoms with van der Waals surface area (Å²) in [4.78, 5) is 24.8. The van der Waals surface area contributed by atoms with Crippen LogP contribution in [0, 0.1) is 5.92 Å². The maximum atomic E-state index is 12.1. The monoisotopic (exact) mass is 268 g/mol. The van der Waals surface area contributed by atoms with Crippen LogP contribution in [0.15, 0.2) is 0 Å². The minimum Gasteiger partial charge on any atom is -0.480 e. The van der Waals surface area contributed by atoms with E-state index in [1.54, 1.807) is 0 Å². The minimum absolute atomic E-state index is 0.204. The van der Waals surface area contributed by atoms with Crippen molar-refractivity contribution in [3.8, 4) is 0 Å². The molecule has 5 nitrogen and oxygen atoms in total. The fraction of sp³-hybridized carbons (Fsp3) is 0.857. The number of carboxylic acid groups (broad SMARTS) is 1. The van der Waals surface area contributed by atoms with Crippen molar-refractivity contribution >= 4 is 12.0 Å². The molecular weight excluding hydrogens is 244 g/mol. The molecule has 0 bridgehead atoms. The number of carboxylic acids is 1. The number of hydrogen-bond acceptors (Lipinski definition) is 2. The number of carbonyl (C=O) groups excluding carboxylic acids is 1. The standard InChI is InChI=1S/C14H24N2O3/c17-13(18)12-6-2-1-3-10-16(12)14(19)15-9-4-5-11-7-8-11/h11-12H,1-10H2,(H,15,19)(H,17,18). The highest BCUT2D eigenvalue weighted by Gasteiger charge is 2.30. The Labute approximate surface area is 114 Å². The molecular formula is C14H24N2O3. The second kappa shape index (κ2) is 6.78. The van der Waals surface area contributed by atoms with Crippen LogP contribution in [0.5, 0.6) is 0 Å². The first kappa shape index (κ1) is 14.2. The van der Waals surface area contributed by atoms with Gasteiger partial charge in [-0.3, -0.25) is 0 Å². The summed E-state index contributed by atoms with van der Waals surface area (Å²) in [5, 5.41) is 12.1. The van der Waals surface area contributed by atoms with Gasteiger partial charge in [-0.25, -0.2) is 9.59 Å². The van der Waals surface area contributed by atoms with Gasteiger partial charge in [-0.2, -0.15) is 0 Å². The van der Waals surface area contributed by atoms with Gasteiger partial charge in [-0.15, -0.1) is 0 Å². The number of rotatable bonds is 5. The highest BCUT2D eigenvalue weighted by atomic mass is 16.4. The second-order valence-electron chi connectivity index (χ2n) is 5.71. The van der Waals surface area contributed by atoms with Crippen molar-refractivity contribution in [3.63, 3.8) is 0 Å². The summed E-state index contributed by atoms with van der Waals surface area (Å²) >= 11 is 0. The molecule has 0 spiro atoms. The van der Waals surface area contributed by atoms with Crippen LogP contribution in [0.1, 0.15) is 51.4 Å². The van der Waals surface area contributed by atoms with Gasteiger partial charge in [0.25, 0.3) is 0 Å². The van der Waals surface area contributed by atoms with Crippen molar-refractivity contribution in [1.82, 2.24) is 10.2 Å². The summed E-state index contributed by atoms with van der Waals surface area (Å²) in [6.45, 7) is 1.23. The Hall–Kier alpha value is -1.26. The van der Waals surface area contributed by atoms with Crippen LogP contribution in [0.3, 0.4) is 0 Å². The van der Waals surface area contributed by atoms with E-state index in [0.717, 1.165) is 31.6 Å². The lowest BCUT2D eigenvalue weighted by Crippen LogP contribution is -2.49. The number of likely N-dealkylation sites (tertiary alicyclic amines) is 1. The largest absolute Gasteiger partial charge is 0.480 e. The minimum atomic E-state index is -0.880. The lowest BCUT2D eigenvalue weighted by molar-refractivity contribution is -0.142. The summed E-state index contributed by atoms with van der Waals surface area (Å²) in [6.07, 6.45) is 8.23. The Morgan fingerprint density at radius 1 is 1.16 bits per heavy atom. The molecule has 1 unspecified atom stereocenters. The number of aliphatic carboxylic acids is 1. The first-order valence-electron chi connectivity index (χ1n) is 7.46. The maximum Gasteiger partial charge on any atom is 0.326 e. The molecule has 0 aromatic rings. The number of nitrogens with one attached hydrogen (secondary N) is 1. The van der Waals surface area contributed by atoms with E-state index in [4.69, 9.17) is 0 Å². The van der Waals surface area contributed by atoms with Gasteiger partial charge < -0.3 is 15.3 Å². The summed E-state index contributed by atoms with van der Waals surface area (Å²) in [5.74, 6) is -0.00288. The Bertz CT molecular complexity index is 329. The quantitative estimate of drug-likeness (QED) is 0.751. The molecule has 1 aliphatic heterocycles. The molecule has 1 saturated carbocycles. The van der Waals surface area contributed by atoms with Crippen LogP contribution in [0.2, 0.25) is 0 Å². The Morgan fingerprint density at radius 2 is 1.95 bits per heavy atom. The Kier molecular flexibility index (Phi) is 5.05. The van der Waals surface area contributed by atoms with Gasteiger partial charge in [-0.1, -0.05) is 25.7 Å². The number of carbonyl (C=O) groups is 2. The van der Waals surface area contributed by atoms with Gasteiger partial charge in [-0.05, 0) is 31.6 Å². The van der Waals surface area contributed by atoms with Gasteiger partial charge in [0.05, 0.1) is 0 Å². The van der Waals surface area contributed by atoms with Crippen molar-refractivity contribution in [3.05, 3.63) is 0 Å². The topological polar surface area (TPSA) is 69.6 Å². The smallest absolute Gasteiger partial charge is 0.326 e. The van der Waals surface area contributed by atoms with E-state index in [0.29, 0.717) is 19.5 Å². The third-order valence-corrected chi connectivity index (χ3v) is 4.06. The van der Waals surface area contributed by atoms with Crippen molar-refractivity contribution in [2.45, 2.75) is 57.4 Å². The molecule has 1 heterocycles. The molecule has 2 amide bonds.